The molecule has 2 aromatic rings. The van der Waals surface area contributed by atoms with Gasteiger partial charge in [0.05, 0.1) is 18.1 Å². The molecule has 10 nitrogen and oxygen atoms in total. The Kier molecular flexibility index (Phi) is 7.44. The number of carbonyl (C=O) groups is 3. The average molecular weight is 462 g/mol. The Morgan fingerprint density at radius 1 is 1.00 bits per heavy atom. The van der Waals surface area contributed by atoms with Gasteiger partial charge in [0.25, 0.3) is 0 Å². The molecule has 11 heteroatoms. The van der Waals surface area contributed by atoms with Gasteiger partial charge in [0.15, 0.2) is 23.9 Å². The monoisotopic (exact) mass is 462 g/mol. The lowest BCUT2D eigenvalue weighted by atomic mass is 10.1. The number of sulfonamides is 1. The zero-order valence-corrected chi connectivity index (χ0v) is 18.1. The summed E-state index contributed by atoms with van der Waals surface area (Å²) in [4.78, 5) is 35.0. The van der Waals surface area contributed by atoms with Crippen LogP contribution in [0.2, 0.25) is 0 Å². The van der Waals surface area contributed by atoms with Gasteiger partial charge >= 0.3 is 5.97 Å². The first kappa shape index (κ1) is 23.2. The number of Topliss-reactive ketones (excluding diaryl/α,β-unsaturated/α-hetero) is 1. The number of anilines is 1. The number of benzene rings is 2. The number of rotatable bonds is 8. The van der Waals surface area contributed by atoms with Gasteiger partial charge in [-0.3, -0.25) is 14.4 Å². The van der Waals surface area contributed by atoms with E-state index >= 15 is 0 Å². The van der Waals surface area contributed by atoms with Gasteiger partial charge in [-0.2, -0.15) is 4.72 Å². The molecular weight excluding hydrogens is 440 g/mol. The first-order valence-corrected chi connectivity index (χ1v) is 11.2. The van der Waals surface area contributed by atoms with Crippen molar-refractivity contribution in [2.45, 2.75) is 18.2 Å². The molecule has 0 bridgehead atoms. The minimum atomic E-state index is -4.01. The highest BCUT2D eigenvalue weighted by Crippen LogP contribution is 2.31. The molecule has 0 saturated heterocycles. The molecule has 32 heavy (non-hydrogen) atoms. The summed E-state index contributed by atoms with van der Waals surface area (Å²) in [5.74, 6) is -0.871. The molecule has 0 atom stereocenters. The van der Waals surface area contributed by atoms with Crippen LogP contribution in [0.25, 0.3) is 0 Å². The maximum Gasteiger partial charge on any atom is 0.321 e. The van der Waals surface area contributed by atoms with Crippen LogP contribution in [0.4, 0.5) is 5.69 Å². The van der Waals surface area contributed by atoms with Crippen molar-refractivity contribution in [3.05, 3.63) is 48.0 Å². The summed E-state index contributed by atoms with van der Waals surface area (Å²) in [6.45, 7) is 1.04. The number of hydrogen-bond donors (Lipinski definition) is 2. The highest BCUT2D eigenvalue weighted by Gasteiger charge is 2.20. The van der Waals surface area contributed by atoms with E-state index in [9.17, 15) is 22.8 Å². The predicted octanol–water partition coefficient (Wildman–Crippen LogP) is 1.51. The van der Waals surface area contributed by atoms with E-state index in [0.717, 1.165) is 0 Å². The predicted molar refractivity (Wildman–Crippen MR) is 113 cm³/mol. The van der Waals surface area contributed by atoms with Crippen molar-refractivity contribution in [3.8, 4) is 11.5 Å². The summed E-state index contributed by atoms with van der Waals surface area (Å²) >= 11 is 0. The molecule has 0 spiro atoms. The first-order chi connectivity index (χ1) is 15.2. The Labute approximate surface area is 184 Å². The Morgan fingerprint density at radius 3 is 2.38 bits per heavy atom. The van der Waals surface area contributed by atoms with Crippen molar-refractivity contribution >= 4 is 33.4 Å². The molecule has 1 heterocycles. The van der Waals surface area contributed by atoms with E-state index in [1.165, 1.54) is 37.3 Å². The Balaban J connectivity index is 1.51. The van der Waals surface area contributed by atoms with Crippen LogP contribution in [0.15, 0.2) is 47.4 Å². The topological polar surface area (TPSA) is 137 Å². The lowest BCUT2D eigenvalue weighted by molar-refractivity contribution is -0.141. The molecule has 0 fully saturated rings. The van der Waals surface area contributed by atoms with Crippen molar-refractivity contribution in [3.63, 3.8) is 0 Å². The van der Waals surface area contributed by atoms with Crippen LogP contribution in [-0.2, 0) is 24.3 Å². The average Bonchev–Trinajstić information content (AvgIpc) is 3.01. The Hall–Kier alpha value is -3.44. The Morgan fingerprint density at radius 2 is 1.69 bits per heavy atom. The fraction of sp³-hybridized carbons (Fsp3) is 0.286. The molecule has 2 aromatic carbocycles. The van der Waals surface area contributed by atoms with Gasteiger partial charge < -0.3 is 19.5 Å². The lowest BCUT2D eigenvalue weighted by Crippen LogP contribution is -2.31. The normalized spacial score (nSPS) is 13.0. The molecule has 0 saturated carbocycles. The van der Waals surface area contributed by atoms with Gasteiger partial charge in [-0.05, 0) is 36.4 Å². The second kappa shape index (κ2) is 10.2. The number of carbonyl (C=O) groups excluding carboxylic acids is 3. The van der Waals surface area contributed by atoms with E-state index in [2.05, 4.69) is 10.0 Å². The summed E-state index contributed by atoms with van der Waals surface area (Å²) in [5.41, 5.74) is 0.801. The van der Waals surface area contributed by atoms with Gasteiger partial charge in [-0.15, -0.1) is 0 Å². The van der Waals surface area contributed by atoms with Crippen LogP contribution >= 0.6 is 0 Å². The van der Waals surface area contributed by atoms with Gasteiger partial charge in [-0.25, -0.2) is 8.42 Å². The highest BCUT2D eigenvalue weighted by molar-refractivity contribution is 7.89. The van der Waals surface area contributed by atoms with Gasteiger partial charge in [0, 0.05) is 30.7 Å². The van der Waals surface area contributed by atoms with Crippen LogP contribution in [0.3, 0.4) is 0 Å². The van der Waals surface area contributed by atoms with Gasteiger partial charge in [-0.1, -0.05) is 0 Å². The minimum absolute atomic E-state index is 0.0927. The van der Waals surface area contributed by atoms with Crippen LogP contribution in [-0.4, -0.2) is 52.4 Å². The third-order valence-electron chi connectivity index (χ3n) is 4.33. The fourth-order valence-electron chi connectivity index (χ4n) is 2.77. The maximum absolute atomic E-state index is 12.5. The summed E-state index contributed by atoms with van der Waals surface area (Å²) in [6, 6.07) is 10.2. The van der Waals surface area contributed by atoms with Crippen LogP contribution in [0.5, 0.6) is 11.5 Å². The number of nitrogens with one attached hydrogen (secondary N) is 2. The molecule has 0 radical (unpaired) electrons. The smallest absolute Gasteiger partial charge is 0.321 e. The number of ketones is 1. The molecule has 0 aliphatic carbocycles. The van der Waals surface area contributed by atoms with E-state index in [4.69, 9.17) is 14.2 Å². The molecule has 1 aliphatic rings. The van der Waals surface area contributed by atoms with Crippen LogP contribution in [0, 0.1) is 0 Å². The molecule has 0 aromatic heterocycles. The first-order valence-electron chi connectivity index (χ1n) is 9.70. The standard InChI is InChI=1S/C21H22N2O8S/c1-14(24)23-16-5-3-15(4-6-16)18(25)13-31-21(26)12-22-32(27,28)17-7-8-19-20(11-17)30-10-2-9-29-19/h3-8,11,22H,2,9-10,12-13H2,1H3,(H,23,24). The number of amides is 1. The van der Waals surface area contributed by atoms with E-state index < -0.39 is 34.9 Å². The van der Waals surface area contributed by atoms with Gasteiger partial charge in [0.2, 0.25) is 15.9 Å². The van der Waals surface area contributed by atoms with Crippen molar-refractivity contribution in [2.75, 3.05) is 31.7 Å². The fourth-order valence-corrected chi connectivity index (χ4v) is 3.76. The van der Waals surface area contributed by atoms with Crippen LogP contribution in [0.1, 0.15) is 23.7 Å². The van der Waals surface area contributed by atoms with Crippen molar-refractivity contribution in [2.24, 2.45) is 0 Å². The molecule has 0 unspecified atom stereocenters. The lowest BCUT2D eigenvalue weighted by Gasteiger charge is -2.11. The zero-order chi connectivity index (χ0) is 23.1. The quantitative estimate of drug-likeness (QED) is 0.445. The molecule has 1 amide bonds. The minimum Gasteiger partial charge on any atom is -0.490 e. The Bertz CT molecular complexity index is 1110. The molecule has 3 rings (SSSR count). The van der Waals surface area contributed by atoms with E-state index in [0.29, 0.717) is 36.8 Å². The summed E-state index contributed by atoms with van der Waals surface area (Å²) < 4.78 is 42.9. The second-order valence-corrected chi connectivity index (χ2v) is 8.59. The van der Waals surface area contributed by atoms with Crippen molar-refractivity contribution < 1.29 is 37.0 Å². The number of ether oxygens (including phenoxy) is 3. The third-order valence-corrected chi connectivity index (χ3v) is 5.73. The molecule has 1 aliphatic heterocycles. The van der Waals surface area contributed by atoms with E-state index in [1.807, 2.05) is 0 Å². The van der Waals surface area contributed by atoms with E-state index in [1.54, 1.807) is 12.1 Å². The second-order valence-electron chi connectivity index (χ2n) is 6.83. The van der Waals surface area contributed by atoms with Gasteiger partial charge in [0.1, 0.15) is 6.54 Å². The summed E-state index contributed by atoms with van der Waals surface area (Å²) in [7, 11) is -4.01. The number of fused-ring (bicyclic) bond motifs is 1. The number of hydrogen-bond acceptors (Lipinski definition) is 8. The molecule has 170 valence electrons. The van der Waals surface area contributed by atoms with Crippen molar-refractivity contribution in [1.82, 2.24) is 4.72 Å². The van der Waals surface area contributed by atoms with Crippen molar-refractivity contribution in [1.29, 1.82) is 0 Å². The zero-order valence-electron chi connectivity index (χ0n) is 17.3. The van der Waals surface area contributed by atoms with Crippen LogP contribution < -0.4 is 19.5 Å². The molecule has 2 N–H and O–H groups in total. The third kappa shape index (κ3) is 6.28. The SMILES string of the molecule is CC(=O)Nc1ccc(C(=O)COC(=O)CNS(=O)(=O)c2ccc3c(c2)OCCCO3)cc1. The molecular formula is C21H22N2O8S. The maximum atomic E-state index is 12.5. The summed E-state index contributed by atoms with van der Waals surface area (Å²) in [5, 5.41) is 2.57. The largest absolute Gasteiger partial charge is 0.490 e. The highest BCUT2D eigenvalue weighted by atomic mass is 32.2. The number of esters is 1. The summed E-state index contributed by atoms with van der Waals surface area (Å²) in [6.07, 6.45) is 0.680. The van der Waals surface area contributed by atoms with E-state index in [-0.39, 0.29) is 16.4 Å².